The number of aryl methyl sites for hydroxylation is 1. The lowest BCUT2D eigenvalue weighted by Crippen LogP contribution is -2.14. The summed E-state index contributed by atoms with van der Waals surface area (Å²) >= 11 is 13.3. The van der Waals surface area contributed by atoms with Gasteiger partial charge in [0.05, 0.1) is 5.75 Å². The van der Waals surface area contributed by atoms with Crippen LogP contribution in [0.4, 0.5) is 5.69 Å². The quantitative estimate of drug-likeness (QED) is 0.494. The molecule has 1 amide bonds. The van der Waals surface area contributed by atoms with Crippen molar-refractivity contribution in [3.63, 3.8) is 0 Å². The van der Waals surface area contributed by atoms with E-state index in [4.69, 9.17) is 27.9 Å². The maximum absolute atomic E-state index is 12.2. The van der Waals surface area contributed by atoms with Gasteiger partial charge < -0.3 is 14.6 Å². The number of hydrogen-bond acceptors (Lipinski definition) is 5. The third-order valence-electron chi connectivity index (χ3n) is 4.12. The van der Waals surface area contributed by atoms with Crippen molar-refractivity contribution in [3.8, 4) is 5.75 Å². The second-order valence-corrected chi connectivity index (χ2v) is 8.20. The minimum Gasteiger partial charge on any atom is -0.483 e. The number of anilines is 1. The van der Waals surface area contributed by atoms with E-state index in [0.717, 1.165) is 5.56 Å². The number of ether oxygens (including phenoxy) is 1. The number of hydrogen-bond donors (Lipinski definition) is 1. The Labute approximate surface area is 183 Å². The Morgan fingerprint density at radius 2 is 2.03 bits per heavy atom. The van der Waals surface area contributed by atoms with Gasteiger partial charge in [-0.1, -0.05) is 41.0 Å². The molecule has 1 N–H and O–H groups in total. The van der Waals surface area contributed by atoms with Gasteiger partial charge in [-0.15, -0.1) is 10.2 Å². The van der Waals surface area contributed by atoms with E-state index < -0.39 is 0 Å². The van der Waals surface area contributed by atoms with Gasteiger partial charge >= 0.3 is 0 Å². The number of amides is 1. The predicted octanol–water partition coefficient (Wildman–Crippen LogP) is 5.30. The molecule has 1 atom stereocenters. The summed E-state index contributed by atoms with van der Waals surface area (Å²) in [4.78, 5) is 12.2. The summed E-state index contributed by atoms with van der Waals surface area (Å²) in [5.74, 6) is 1.42. The van der Waals surface area contributed by atoms with E-state index in [9.17, 15) is 4.79 Å². The molecule has 1 unspecified atom stereocenters. The van der Waals surface area contributed by atoms with Crippen LogP contribution in [0.15, 0.2) is 47.6 Å². The number of halogens is 2. The maximum atomic E-state index is 12.2. The second kappa shape index (κ2) is 9.52. The maximum Gasteiger partial charge on any atom is 0.234 e. The summed E-state index contributed by atoms with van der Waals surface area (Å²) < 4.78 is 7.79. The van der Waals surface area contributed by atoms with Crippen LogP contribution < -0.4 is 10.1 Å². The molecule has 0 saturated heterocycles. The van der Waals surface area contributed by atoms with E-state index in [2.05, 4.69) is 15.5 Å². The summed E-state index contributed by atoms with van der Waals surface area (Å²) in [6.07, 6.45) is -0.317. The van der Waals surface area contributed by atoms with E-state index >= 15 is 0 Å². The largest absolute Gasteiger partial charge is 0.483 e. The molecular formula is C20H20Cl2N4O2S. The van der Waals surface area contributed by atoms with E-state index in [1.165, 1.54) is 11.8 Å². The van der Waals surface area contributed by atoms with Gasteiger partial charge in [0.1, 0.15) is 5.75 Å². The Balaban J connectivity index is 1.59. The molecule has 0 bridgehead atoms. The van der Waals surface area contributed by atoms with Crippen LogP contribution >= 0.6 is 35.0 Å². The SMILES string of the molecule is Cc1cc(OC(C)c2nnc(SCC(=O)Nc3cccc(Cl)c3)n2C)ccc1Cl. The molecule has 0 saturated carbocycles. The summed E-state index contributed by atoms with van der Waals surface area (Å²) in [6, 6.07) is 12.5. The highest BCUT2D eigenvalue weighted by Gasteiger charge is 2.18. The molecule has 0 aliphatic heterocycles. The lowest BCUT2D eigenvalue weighted by atomic mass is 10.2. The van der Waals surface area contributed by atoms with Crippen LogP contribution in [0.2, 0.25) is 10.0 Å². The summed E-state index contributed by atoms with van der Waals surface area (Å²) in [5, 5.41) is 13.1. The van der Waals surface area contributed by atoms with Crippen LogP contribution in [0.1, 0.15) is 24.4 Å². The molecule has 3 aromatic rings. The zero-order valence-electron chi connectivity index (χ0n) is 16.1. The van der Waals surface area contributed by atoms with Crippen LogP contribution in [0.25, 0.3) is 0 Å². The Kier molecular flexibility index (Phi) is 7.05. The van der Waals surface area contributed by atoms with Crippen molar-refractivity contribution in [1.82, 2.24) is 14.8 Å². The van der Waals surface area contributed by atoms with Crippen molar-refractivity contribution in [2.45, 2.75) is 25.1 Å². The first-order valence-electron chi connectivity index (χ1n) is 8.84. The molecule has 9 heteroatoms. The van der Waals surface area contributed by atoms with Crippen molar-refractivity contribution in [1.29, 1.82) is 0 Å². The Hall–Kier alpha value is -2.22. The van der Waals surface area contributed by atoms with E-state index in [-0.39, 0.29) is 17.8 Å². The molecule has 152 valence electrons. The molecule has 0 radical (unpaired) electrons. The van der Waals surface area contributed by atoms with Crippen LogP contribution in [0, 0.1) is 6.92 Å². The first kappa shape index (κ1) is 21.5. The summed E-state index contributed by atoms with van der Waals surface area (Å²) in [5.41, 5.74) is 1.60. The standard InChI is InChI=1S/C20H20Cl2N4O2S/c1-12-9-16(7-8-17(12)22)28-13(2)19-24-25-20(26(19)3)29-11-18(27)23-15-6-4-5-14(21)10-15/h4-10,13H,11H2,1-3H3,(H,23,27). The zero-order chi connectivity index (χ0) is 21.0. The highest BCUT2D eigenvalue weighted by atomic mass is 35.5. The molecule has 0 aliphatic carbocycles. The number of carbonyl (C=O) groups is 1. The van der Waals surface area contributed by atoms with Gasteiger partial charge in [-0.2, -0.15) is 0 Å². The molecule has 0 aliphatic rings. The van der Waals surface area contributed by atoms with E-state index in [0.29, 0.717) is 32.5 Å². The monoisotopic (exact) mass is 450 g/mol. The fraction of sp³-hybridized carbons (Fsp3) is 0.250. The third kappa shape index (κ3) is 5.65. The van der Waals surface area contributed by atoms with Crippen LogP contribution in [-0.2, 0) is 11.8 Å². The lowest BCUT2D eigenvalue weighted by Gasteiger charge is -2.15. The topological polar surface area (TPSA) is 69.0 Å². The Bertz CT molecular complexity index is 1030. The average Bonchev–Trinajstić information content (AvgIpc) is 3.04. The number of aromatic nitrogens is 3. The third-order valence-corrected chi connectivity index (χ3v) is 5.79. The van der Waals surface area contributed by atoms with Gasteiger partial charge in [-0.25, -0.2) is 0 Å². The zero-order valence-corrected chi connectivity index (χ0v) is 18.5. The van der Waals surface area contributed by atoms with Crippen LogP contribution in [0.5, 0.6) is 5.75 Å². The van der Waals surface area contributed by atoms with Gasteiger partial charge in [-0.3, -0.25) is 4.79 Å². The minimum absolute atomic E-state index is 0.150. The van der Waals surface area contributed by atoms with E-state index in [1.807, 2.05) is 37.6 Å². The number of nitrogens with one attached hydrogen (secondary N) is 1. The molecule has 2 aromatic carbocycles. The van der Waals surface area contributed by atoms with Gasteiger partial charge in [0.15, 0.2) is 17.1 Å². The Morgan fingerprint density at radius 1 is 1.24 bits per heavy atom. The van der Waals surface area contributed by atoms with Crippen LogP contribution in [-0.4, -0.2) is 26.4 Å². The van der Waals surface area contributed by atoms with Crippen molar-refractivity contribution >= 4 is 46.6 Å². The first-order chi connectivity index (χ1) is 13.8. The molecule has 29 heavy (non-hydrogen) atoms. The number of rotatable bonds is 7. The normalized spacial score (nSPS) is 11.9. The summed E-state index contributed by atoms with van der Waals surface area (Å²) in [6.45, 7) is 3.82. The molecule has 1 heterocycles. The van der Waals surface area contributed by atoms with Crippen molar-refractivity contribution < 1.29 is 9.53 Å². The first-order valence-corrected chi connectivity index (χ1v) is 10.6. The Morgan fingerprint density at radius 3 is 2.76 bits per heavy atom. The number of thioether (sulfide) groups is 1. The van der Waals surface area contributed by atoms with Gasteiger partial charge in [0, 0.05) is 22.8 Å². The highest BCUT2D eigenvalue weighted by molar-refractivity contribution is 7.99. The molecule has 6 nitrogen and oxygen atoms in total. The molecular weight excluding hydrogens is 431 g/mol. The molecule has 0 spiro atoms. The van der Waals surface area contributed by atoms with Crippen molar-refractivity contribution in [3.05, 3.63) is 63.9 Å². The summed E-state index contributed by atoms with van der Waals surface area (Å²) in [7, 11) is 1.85. The van der Waals surface area contributed by atoms with Gasteiger partial charge in [0.25, 0.3) is 0 Å². The number of carbonyl (C=O) groups excluding carboxylic acids is 1. The number of benzene rings is 2. The number of nitrogens with zero attached hydrogens (tertiary/aromatic N) is 3. The van der Waals surface area contributed by atoms with Gasteiger partial charge in [0.2, 0.25) is 5.91 Å². The molecule has 3 rings (SSSR count). The average molecular weight is 451 g/mol. The van der Waals surface area contributed by atoms with E-state index in [1.54, 1.807) is 30.3 Å². The minimum atomic E-state index is -0.317. The van der Waals surface area contributed by atoms with Gasteiger partial charge in [-0.05, 0) is 55.8 Å². The lowest BCUT2D eigenvalue weighted by molar-refractivity contribution is -0.113. The smallest absolute Gasteiger partial charge is 0.234 e. The van der Waals surface area contributed by atoms with Crippen LogP contribution in [0.3, 0.4) is 0 Å². The second-order valence-electron chi connectivity index (χ2n) is 6.42. The van der Waals surface area contributed by atoms with Crippen molar-refractivity contribution in [2.75, 3.05) is 11.1 Å². The molecule has 1 aromatic heterocycles. The highest BCUT2D eigenvalue weighted by Crippen LogP contribution is 2.26. The predicted molar refractivity (Wildman–Crippen MR) is 117 cm³/mol. The fourth-order valence-electron chi connectivity index (χ4n) is 2.65. The molecule has 0 fully saturated rings. The van der Waals surface area contributed by atoms with Crippen molar-refractivity contribution in [2.24, 2.45) is 7.05 Å². The fourth-order valence-corrected chi connectivity index (χ4v) is 3.67.